The lowest BCUT2D eigenvalue weighted by molar-refractivity contribution is 0.174. The first kappa shape index (κ1) is 22.7. The van der Waals surface area contributed by atoms with Crippen LogP contribution in [0.15, 0.2) is 36.7 Å². The fourth-order valence-electron chi connectivity index (χ4n) is 4.94. The average Bonchev–Trinajstić information content (AvgIpc) is 3.32. The molecule has 0 bridgehead atoms. The number of aromatic nitrogens is 1. The maximum atomic E-state index is 5.56. The van der Waals surface area contributed by atoms with Crippen LogP contribution in [0.2, 0.25) is 0 Å². The van der Waals surface area contributed by atoms with Crippen molar-refractivity contribution in [3.05, 3.63) is 53.3 Å². The Hall–Kier alpha value is -3.03. The van der Waals surface area contributed by atoms with Crippen LogP contribution >= 0.6 is 0 Å². The van der Waals surface area contributed by atoms with Crippen LogP contribution in [0.1, 0.15) is 23.1 Å². The minimum absolute atomic E-state index is 0.338. The Morgan fingerprint density at radius 3 is 2.53 bits per heavy atom. The van der Waals surface area contributed by atoms with Crippen molar-refractivity contribution in [3.63, 3.8) is 0 Å². The molecule has 0 fully saturated rings. The summed E-state index contributed by atoms with van der Waals surface area (Å²) in [4.78, 5) is 9.41. The molecule has 5 rings (SSSR count). The zero-order chi connectivity index (χ0) is 23.5. The van der Waals surface area contributed by atoms with Gasteiger partial charge in [-0.25, -0.2) is 0 Å². The van der Waals surface area contributed by atoms with E-state index in [1.54, 1.807) is 14.2 Å². The number of fused-ring (bicyclic) bond motifs is 3. The van der Waals surface area contributed by atoms with E-state index >= 15 is 0 Å². The molecule has 0 amide bonds. The van der Waals surface area contributed by atoms with E-state index in [1.807, 2.05) is 18.5 Å². The highest BCUT2D eigenvalue weighted by atomic mass is 16.7. The normalized spacial score (nSPS) is 15.1. The lowest BCUT2D eigenvalue weighted by atomic mass is 9.99. The summed E-state index contributed by atoms with van der Waals surface area (Å²) in [6.45, 7) is 5.59. The Kier molecular flexibility index (Phi) is 6.74. The molecule has 0 aliphatic carbocycles. The van der Waals surface area contributed by atoms with Crippen LogP contribution in [0.4, 0.5) is 0 Å². The first-order valence-electron chi connectivity index (χ1n) is 12.0. The van der Waals surface area contributed by atoms with Crippen molar-refractivity contribution >= 4 is 10.8 Å². The van der Waals surface area contributed by atoms with E-state index in [4.69, 9.17) is 18.9 Å². The van der Waals surface area contributed by atoms with Gasteiger partial charge in [-0.05, 0) is 85.7 Å². The molecule has 0 N–H and O–H groups in total. The van der Waals surface area contributed by atoms with E-state index in [2.05, 4.69) is 40.0 Å². The molecule has 7 heteroatoms. The summed E-state index contributed by atoms with van der Waals surface area (Å²) in [7, 11) is 5.54. The summed E-state index contributed by atoms with van der Waals surface area (Å²) in [5, 5.41) is 2.25. The molecule has 3 heterocycles. The second-order valence-electron chi connectivity index (χ2n) is 9.13. The summed E-state index contributed by atoms with van der Waals surface area (Å²) in [6, 6.07) is 8.39. The molecular weight excluding hydrogens is 430 g/mol. The standard InChI is InChI=1S/C27H33N3O4/c1-29(9-5-20-15-28-16-21-12-24(31-2)25(32-3)14-23(20)21)7-4-8-30-10-6-19-11-26-27(34-18-33-26)13-22(19)17-30/h11-16H,4-10,17-18H2,1-3H3. The minimum Gasteiger partial charge on any atom is -0.493 e. The van der Waals surface area contributed by atoms with E-state index < -0.39 is 0 Å². The van der Waals surface area contributed by atoms with Crippen LogP contribution in [-0.4, -0.2) is 69.0 Å². The SMILES string of the molecule is COc1cc2cncc(CCN(C)CCCN3CCc4cc5c(cc4C3)OCO5)c2cc1OC. The molecule has 3 aromatic rings. The average molecular weight is 464 g/mol. The van der Waals surface area contributed by atoms with Crippen LogP contribution in [-0.2, 0) is 19.4 Å². The molecule has 7 nitrogen and oxygen atoms in total. The number of ether oxygens (including phenoxy) is 4. The molecule has 0 saturated carbocycles. The minimum atomic E-state index is 0.338. The highest BCUT2D eigenvalue weighted by Gasteiger charge is 2.22. The Balaban J connectivity index is 1.13. The van der Waals surface area contributed by atoms with Gasteiger partial charge < -0.3 is 23.8 Å². The molecule has 0 spiro atoms. The third-order valence-corrected chi connectivity index (χ3v) is 6.91. The molecule has 180 valence electrons. The fraction of sp³-hybridized carbons (Fsp3) is 0.444. The van der Waals surface area contributed by atoms with Gasteiger partial charge in [0.1, 0.15) is 0 Å². The summed E-state index contributed by atoms with van der Waals surface area (Å²) >= 11 is 0. The van der Waals surface area contributed by atoms with Gasteiger partial charge in [-0.1, -0.05) is 0 Å². The molecular formula is C27H33N3O4. The number of hydrogen-bond acceptors (Lipinski definition) is 7. The first-order valence-corrected chi connectivity index (χ1v) is 12.0. The molecule has 0 atom stereocenters. The predicted octanol–water partition coefficient (Wildman–Crippen LogP) is 3.90. The Labute approximate surface area is 201 Å². The molecule has 2 aliphatic heterocycles. The molecule has 34 heavy (non-hydrogen) atoms. The van der Waals surface area contributed by atoms with E-state index in [0.29, 0.717) is 6.79 Å². The lowest BCUT2D eigenvalue weighted by Crippen LogP contribution is -2.33. The molecule has 0 saturated heterocycles. The van der Waals surface area contributed by atoms with Crippen molar-refractivity contribution in [3.8, 4) is 23.0 Å². The zero-order valence-electron chi connectivity index (χ0n) is 20.3. The van der Waals surface area contributed by atoms with E-state index in [1.165, 1.54) is 22.1 Å². The zero-order valence-corrected chi connectivity index (χ0v) is 20.3. The van der Waals surface area contributed by atoms with Crippen LogP contribution in [0.25, 0.3) is 10.8 Å². The van der Waals surface area contributed by atoms with Gasteiger partial charge in [0, 0.05) is 37.4 Å². The first-order chi connectivity index (χ1) is 16.6. The number of hydrogen-bond donors (Lipinski definition) is 0. The third-order valence-electron chi connectivity index (χ3n) is 6.91. The number of nitrogens with zero attached hydrogens (tertiary/aromatic N) is 3. The number of likely N-dealkylation sites (N-methyl/N-ethyl adjacent to an activating group) is 1. The Morgan fingerprint density at radius 2 is 1.74 bits per heavy atom. The van der Waals surface area contributed by atoms with Gasteiger partial charge in [0.25, 0.3) is 0 Å². The summed E-state index contributed by atoms with van der Waals surface area (Å²) < 4.78 is 22.0. The number of pyridine rings is 1. The lowest BCUT2D eigenvalue weighted by Gasteiger charge is -2.29. The Bertz CT molecular complexity index is 1170. The largest absolute Gasteiger partial charge is 0.493 e. The summed E-state index contributed by atoms with van der Waals surface area (Å²) in [5.41, 5.74) is 4.01. The van der Waals surface area contributed by atoms with E-state index in [9.17, 15) is 0 Å². The topological polar surface area (TPSA) is 56.3 Å². The van der Waals surface area contributed by atoms with Crippen molar-refractivity contribution < 1.29 is 18.9 Å². The van der Waals surface area contributed by atoms with E-state index in [0.717, 1.165) is 80.4 Å². The monoisotopic (exact) mass is 463 g/mol. The number of rotatable bonds is 9. The molecule has 2 aliphatic rings. The van der Waals surface area contributed by atoms with Gasteiger partial charge in [0.05, 0.1) is 14.2 Å². The smallest absolute Gasteiger partial charge is 0.231 e. The molecule has 2 aromatic carbocycles. The van der Waals surface area contributed by atoms with Crippen molar-refractivity contribution in [1.82, 2.24) is 14.8 Å². The van der Waals surface area contributed by atoms with Gasteiger partial charge in [-0.15, -0.1) is 0 Å². The maximum Gasteiger partial charge on any atom is 0.231 e. The van der Waals surface area contributed by atoms with Gasteiger partial charge >= 0.3 is 0 Å². The van der Waals surface area contributed by atoms with Gasteiger partial charge in [-0.2, -0.15) is 0 Å². The fourth-order valence-corrected chi connectivity index (χ4v) is 4.94. The summed E-state index contributed by atoms with van der Waals surface area (Å²) in [5.74, 6) is 3.27. The van der Waals surface area contributed by atoms with Crippen molar-refractivity contribution in [2.75, 3.05) is 54.2 Å². The van der Waals surface area contributed by atoms with E-state index in [-0.39, 0.29) is 0 Å². The number of methoxy groups -OCH3 is 2. The van der Waals surface area contributed by atoms with Crippen LogP contribution in [0.5, 0.6) is 23.0 Å². The highest BCUT2D eigenvalue weighted by Crippen LogP contribution is 2.37. The van der Waals surface area contributed by atoms with Crippen LogP contribution < -0.4 is 18.9 Å². The second-order valence-corrected chi connectivity index (χ2v) is 9.13. The summed E-state index contributed by atoms with van der Waals surface area (Å²) in [6.07, 6.45) is 7.02. The van der Waals surface area contributed by atoms with Gasteiger partial charge in [-0.3, -0.25) is 9.88 Å². The van der Waals surface area contributed by atoms with Crippen LogP contribution in [0, 0.1) is 0 Å². The molecule has 0 radical (unpaired) electrons. The van der Waals surface area contributed by atoms with Crippen molar-refractivity contribution in [2.45, 2.75) is 25.8 Å². The third kappa shape index (κ3) is 4.76. The predicted molar refractivity (Wildman–Crippen MR) is 132 cm³/mol. The molecule has 1 aromatic heterocycles. The van der Waals surface area contributed by atoms with Gasteiger partial charge in [0.15, 0.2) is 23.0 Å². The van der Waals surface area contributed by atoms with Crippen molar-refractivity contribution in [1.29, 1.82) is 0 Å². The molecule has 0 unspecified atom stereocenters. The highest BCUT2D eigenvalue weighted by molar-refractivity contribution is 5.88. The number of benzene rings is 2. The van der Waals surface area contributed by atoms with Crippen LogP contribution in [0.3, 0.4) is 0 Å². The van der Waals surface area contributed by atoms with Gasteiger partial charge in [0.2, 0.25) is 6.79 Å². The maximum absolute atomic E-state index is 5.56. The second kappa shape index (κ2) is 10.1. The Morgan fingerprint density at radius 1 is 0.971 bits per heavy atom. The van der Waals surface area contributed by atoms with Crippen molar-refractivity contribution in [2.24, 2.45) is 0 Å². The quantitative estimate of drug-likeness (QED) is 0.477.